The van der Waals surface area contributed by atoms with Gasteiger partial charge in [-0.2, -0.15) is 0 Å². The Morgan fingerprint density at radius 3 is 2.65 bits per heavy atom. The summed E-state index contributed by atoms with van der Waals surface area (Å²) in [5.41, 5.74) is 0. The zero-order valence-electron chi connectivity index (χ0n) is 11.1. The topological polar surface area (TPSA) is 105 Å². The van der Waals surface area contributed by atoms with Gasteiger partial charge in [-0.15, -0.1) is 11.3 Å². The van der Waals surface area contributed by atoms with Crippen molar-refractivity contribution in [2.75, 3.05) is 19.0 Å². The molecule has 0 aromatic carbocycles. The molecule has 1 rings (SSSR count). The fourth-order valence-corrected chi connectivity index (χ4v) is 2.30. The molecular weight excluding hydrogens is 284 g/mol. The van der Waals surface area contributed by atoms with E-state index in [1.807, 2.05) is 0 Å². The number of ether oxygens (including phenoxy) is 1. The lowest BCUT2D eigenvalue weighted by Crippen LogP contribution is -2.34. The summed E-state index contributed by atoms with van der Waals surface area (Å²) < 4.78 is 4.96. The van der Waals surface area contributed by atoms with E-state index in [-0.39, 0.29) is 24.8 Å². The molecule has 0 spiro atoms. The number of hydrogen-bond donors (Lipinski definition) is 3. The second-order valence-electron chi connectivity index (χ2n) is 4.01. The highest BCUT2D eigenvalue weighted by atomic mass is 32.1. The van der Waals surface area contributed by atoms with E-state index in [0.29, 0.717) is 9.88 Å². The normalized spacial score (nSPS) is 11.7. The van der Waals surface area contributed by atoms with Crippen LogP contribution in [0.5, 0.6) is 0 Å². The fraction of sp³-hybridized carbons (Fsp3) is 0.417. The minimum absolute atomic E-state index is 0.106. The van der Waals surface area contributed by atoms with Crippen molar-refractivity contribution in [2.45, 2.75) is 19.4 Å². The van der Waals surface area contributed by atoms with E-state index in [1.54, 1.807) is 12.1 Å². The molecule has 20 heavy (non-hydrogen) atoms. The Bertz CT molecular complexity index is 500. The van der Waals surface area contributed by atoms with Crippen LogP contribution < -0.4 is 10.6 Å². The molecule has 0 fully saturated rings. The number of carbonyl (C=O) groups excluding carboxylic acids is 2. The number of carboxylic acid groups (broad SMARTS) is 1. The molecule has 3 N–H and O–H groups in total. The molecule has 1 atom stereocenters. The first-order valence-electron chi connectivity index (χ1n) is 5.82. The van der Waals surface area contributed by atoms with E-state index < -0.39 is 12.1 Å². The third kappa shape index (κ3) is 5.37. The van der Waals surface area contributed by atoms with Gasteiger partial charge in [0.15, 0.2) is 0 Å². The van der Waals surface area contributed by atoms with E-state index in [9.17, 15) is 14.4 Å². The van der Waals surface area contributed by atoms with Crippen molar-refractivity contribution < 1.29 is 24.2 Å². The van der Waals surface area contributed by atoms with Gasteiger partial charge in [0.2, 0.25) is 5.91 Å². The number of nitrogens with one attached hydrogen (secondary N) is 2. The van der Waals surface area contributed by atoms with Crippen molar-refractivity contribution >= 4 is 34.1 Å². The van der Waals surface area contributed by atoms with Crippen molar-refractivity contribution in [3.05, 3.63) is 17.0 Å². The Morgan fingerprint density at radius 1 is 1.40 bits per heavy atom. The molecule has 0 radical (unpaired) electrons. The van der Waals surface area contributed by atoms with Gasteiger partial charge in [0, 0.05) is 20.6 Å². The fourth-order valence-electron chi connectivity index (χ4n) is 1.43. The van der Waals surface area contributed by atoms with Gasteiger partial charge in [-0.1, -0.05) is 0 Å². The number of thiophene rings is 1. The summed E-state index contributed by atoms with van der Waals surface area (Å²) in [6.07, 6.45) is -0.760. The van der Waals surface area contributed by atoms with Crippen LogP contribution in [-0.4, -0.2) is 42.6 Å². The monoisotopic (exact) mass is 300 g/mol. The van der Waals surface area contributed by atoms with E-state index >= 15 is 0 Å². The van der Waals surface area contributed by atoms with Crippen molar-refractivity contribution in [1.82, 2.24) is 5.32 Å². The molecule has 1 unspecified atom stereocenters. The van der Waals surface area contributed by atoms with Gasteiger partial charge < -0.3 is 20.5 Å². The predicted molar refractivity (Wildman–Crippen MR) is 74.0 cm³/mol. The van der Waals surface area contributed by atoms with Crippen molar-refractivity contribution in [3.63, 3.8) is 0 Å². The van der Waals surface area contributed by atoms with Gasteiger partial charge in [-0.3, -0.25) is 14.4 Å². The number of carbonyl (C=O) groups is 3. The van der Waals surface area contributed by atoms with Crippen molar-refractivity contribution in [3.8, 4) is 0 Å². The van der Waals surface area contributed by atoms with Crippen LogP contribution in [0.2, 0.25) is 0 Å². The van der Waals surface area contributed by atoms with E-state index in [2.05, 4.69) is 10.6 Å². The van der Waals surface area contributed by atoms with Gasteiger partial charge in [0.05, 0.1) is 22.4 Å². The second-order valence-corrected chi connectivity index (χ2v) is 5.09. The molecule has 0 aliphatic carbocycles. The van der Waals surface area contributed by atoms with Crippen LogP contribution in [0.1, 0.15) is 23.0 Å². The first-order chi connectivity index (χ1) is 9.42. The number of aliphatic carboxylic acids is 1. The highest BCUT2D eigenvalue weighted by Crippen LogP contribution is 2.21. The largest absolute Gasteiger partial charge is 0.481 e. The average molecular weight is 300 g/mol. The molecule has 1 heterocycles. The van der Waals surface area contributed by atoms with Crippen LogP contribution in [0.25, 0.3) is 0 Å². The number of amides is 2. The number of methoxy groups -OCH3 is 1. The van der Waals surface area contributed by atoms with Crippen LogP contribution in [-0.2, 0) is 14.3 Å². The van der Waals surface area contributed by atoms with E-state index in [1.165, 1.54) is 14.0 Å². The zero-order valence-corrected chi connectivity index (χ0v) is 12.0. The van der Waals surface area contributed by atoms with Crippen LogP contribution in [0.3, 0.4) is 0 Å². The quantitative estimate of drug-likeness (QED) is 0.694. The summed E-state index contributed by atoms with van der Waals surface area (Å²) in [5, 5.41) is 14.4. The highest BCUT2D eigenvalue weighted by molar-refractivity contribution is 7.18. The third-order valence-corrected chi connectivity index (χ3v) is 3.35. The van der Waals surface area contributed by atoms with Gasteiger partial charge in [-0.25, -0.2) is 0 Å². The van der Waals surface area contributed by atoms with Crippen molar-refractivity contribution in [2.24, 2.45) is 0 Å². The Morgan fingerprint density at radius 2 is 2.10 bits per heavy atom. The lowest BCUT2D eigenvalue weighted by atomic mass is 10.2. The highest BCUT2D eigenvalue weighted by Gasteiger charge is 2.15. The number of anilines is 1. The minimum Gasteiger partial charge on any atom is -0.481 e. The molecule has 2 amide bonds. The molecule has 1 aromatic heterocycles. The lowest BCUT2D eigenvalue weighted by Gasteiger charge is -2.13. The number of carboxylic acids is 1. The third-order valence-electron chi connectivity index (χ3n) is 2.35. The minimum atomic E-state index is -0.991. The maximum atomic E-state index is 11.8. The summed E-state index contributed by atoms with van der Waals surface area (Å²) in [7, 11) is 1.39. The van der Waals surface area contributed by atoms with Crippen molar-refractivity contribution in [1.29, 1.82) is 0 Å². The summed E-state index contributed by atoms with van der Waals surface area (Å²) >= 11 is 1.14. The predicted octanol–water partition coefficient (Wildman–Crippen LogP) is 0.926. The molecular formula is C12H16N2O5S. The average Bonchev–Trinajstić information content (AvgIpc) is 2.81. The first kappa shape index (κ1) is 16.1. The SMILES string of the molecule is COC(CNC(=O)c1ccc(NC(C)=O)s1)CC(=O)O. The number of rotatable bonds is 7. The van der Waals surface area contributed by atoms with Gasteiger partial charge in [0.1, 0.15) is 0 Å². The first-order valence-corrected chi connectivity index (χ1v) is 6.64. The summed E-state index contributed by atoms with van der Waals surface area (Å²) in [5.74, 6) is -1.53. The second kappa shape index (κ2) is 7.61. The summed E-state index contributed by atoms with van der Waals surface area (Å²) in [4.78, 5) is 33.7. The molecule has 8 heteroatoms. The maximum Gasteiger partial charge on any atom is 0.306 e. The number of hydrogen-bond acceptors (Lipinski definition) is 5. The Balaban J connectivity index is 2.51. The van der Waals surface area contributed by atoms with Gasteiger partial charge in [-0.05, 0) is 12.1 Å². The Labute approximate surface area is 119 Å². The molecule has 0 aliphatic heterocycles. The van der Waals surface area contributed by atoms with Crippen LogP contribution in [0.4, 0.5) is 5.00 Å². The lowest BCUT2D eigenvalue weighted by molar-refractivity contribution is -0.139. The Hall–Kier alpha value is -1.93. The van der Waals surface area contributed by atoms with Crippen LogP contribution >= 0.6 is 11.3 Å². The molecule has 0 saturated heterocycles. The molecule has 110 valence electrons. The maximum absolute atomic E-state index is 11.8. The molecule has 0 saturated carbocycles. The van der Waals surface area contributed by atoms with E-state index in [0.717, 1.165) is 11.3 Å². The molecule has 7 nitrogen and oxygen atoms in total. The Kier molecular flexibility index (Phi) is 6.13. The summed E-state index contributed by atoms with van der Waals surface area (Å²) in [6.45, 7) is 1.49. The molecule has 0 bridgehead atoms. The van der Waals surface area contributed by atoms with Crippen LogP contribution in [0.15, 0.2) is 12.1 Å². The smallest absolute Gasteiger partial charge is 0.306 e. The molecule has 0 aliphatic rings. The molecule has 1 aromatic rings. The van der Waals surface area contributed by atoms with E-state index in [4.69, 9.17) is 9.84 Å². The summed E-state index contributed by atoms with van der Waals surface area (Å²) in [6, 6.07) is 3.22. The zero-order chi connectivity index (χ0) is 15.1. The standard InChI is InChI=1S/C12H16N2O5S/c1-7(15)14-10-4-3-9(20-10)12(18)13-6-8(19-2)5-11(16)17/h3-4,8H,5-6H2,1-2H3,(H,13,18)(H,14,15)(H,16,17). The van der Waals surface area contributed by atoms with Gasteiger partial charge in [0.25, 0.3) is 5.91 Å². The van der Waals surface area contributed by atoms with Gasteiger partial charge >= 0.3 is 5.97 Å². The van der Waals surface area contributed by atoms with Crippen LogP contribution in [0, 0.1) is 0 Å².